The van der Waals surface area contributed by atoms with E-state index in [0.29, 0.717) is 12.5 Å². The van der Waals surface area contributed by atoms with E-state index in [0.717, 1.165) is 38.5 Å². The number of nitriles is 1. The van der Waals surface area contributed by atoms with Gasteiger partial charge in [-0.15, -0.1) is 0 Å². The molecule has 2 unspecified atom stereocenters. The van der Waals surface area contributed by atoms with Crippen molar-refractivity contribution >= 4 is 5.97 Å². The summed E-state index contributed by atoms with van der Waals surface area (Å²) in [5, 5.41) is 9.57. The van der Waals surface area contributed by atoms with Crippen molar-refractivity contribution < 1.29 is 9.53 Å². The van der Waals surface area contributed by atoms with Gasteiger partial charge in [-0.05, 0) is 32.1 Å². The number of hydrogen-bond acceptors (Lipinski definition) is 3. The highest BCUT2D eigenvalue weighted by Gasteiger charge is 2.42. The minimum Gasteiger partial charge on any atom is -0.466 e. The molecule has 0 spiro atoms. The Kier molecular flexibility index (Phi) is 6.18. The van der Waals surface area contributed by atoms with E-state index in [1.165, 1.54) is 6.42 Å². The zero-order valence-electron chi connectivity index (χ0n) is 11.7. The third kappa shape index (κ3) is 3.73. The van der Waals surface area contributed by atoms with Gasteiger partial charge < -0.3 is 4.74 Å². The third-order valence-corrected chi connectivity index (χ3v) is 4.10. The minimum absolute atomic E-state index is 0.206. The Balaban J connectivity index is 2.73. The lowest BCUT2D eigenvalue weighted by Crippen LogP contribution is -2.35. The fourth-order valence-corrected chi connectivity index (χ4v) is 3.07. The predicted molar refractivity (Wildman–Crippen MR) is 70.8 cm³/mol. The average molecular weight is 251 g/mol. The number of carbonyl (C=O) groups excluding carboxylic acids is 1. The number of esters is 1. The van der Waals surface area contributed by atoms with Crippen LogP contribution in [-0.2, 0) is 9.53 Å². The van der Waals surface area contributed by atoms with Gasteiger partial charge in [0.2, 0.25) is 0 Å². The second-order valence-electron chi connectivity index (χ2n) is 5.33. The van der Waals surface area contributed by atoms with E-state index in [9.17, 15) is 10.1 Å². The molecule has 0 aromatic heterocycles. The molecule has 0 aromatic carbocycles. The molecule has 0 amide bonds. The Morgan fingerprint density at radius 1 is 1.44 bits per heavy atom. The van der Waals surface area contributed by atoms with Gasteiger partial charge in [0, 0.05) is 0 Å². The van der Waals surface area contributed by atoms with Crippen LogP contribution in [0.25, 0.3) is 0 Å². The summed E-state index contributed by atoms with van der Waals surface area (Å²) in [5.41, 5.74) is -0.459. The van der Waals surface area contributed by atoms with Gasteiger partial charge in [-0.1, -0.05) is 32.6 Å². The van der Waals surface area contributed by atoms with Crippen LogP contribution in [0, 0.1) is 22.7 Å². The molecule has 1 aliphatic carbocycles. The molecule has 0 aliphatic heterocycles. The fraction of sp³-hybridized carbons (Fsp3) is 0.867. The van der Waals surface area contributed by atoms with E-state index >= 15 is 0 Å². The molecule has 0 saturated heterocycles. The Hall–Kier alpha value is -1.04. The lowest BCUT2D eigenvalue weighted by Gasteiger charge is -2.38. The zero-order chi connectivity index (χ0) is 13.4. The molecule has 0 radical (unpaired) electrons. The maximum absolute atomic E-state index is 11.7. The van der Waals surface area contributed by atoms with Crippen molar-refractivity contribution in [2.75, 3.05) is 6.61 Å². The first-order valence-electron chi connectivity index (χ1n) is 7.25. The van der Waals surface area contributed by atoms with Gasteiger partial charge in [0.25, 0.3) is 0 Å². The first-order valence-corrected chi connectivity index (χ1v) is 7.25. The molecule has 1 rings (SSSR count). The van der Waals surface area contributed by atoms with Crippen molar-refractivity contribution in [1.29, 1.82) is 5.26 Å². The zero-order valence-corrected chi connectivity index (χ0v) is 11.7. The second-order valence-corrected chi connectivity index (χ2v) is 5.33. The molecule has 1 fully saturated rings. The van der Waals surface area contributed by atoms with Crippen LogP contribution >= 0.6 is 0 Å². The van der Waals surface area contributed by atoms with Gasteiger partial charge in [-0.3, -0.25) is 4.79 Å². The summed E-state index contributed by atoms with van der Waals surface area (Å²) < 4.78 is 5.03. The van der Waals surface area contributed by atoms with E-state index in [2.05, 4.69) is 13.0 Å². The number of carbonyl (C=O) groups is 1. The van der Waals surface area contributed by atoms with E-state index in [1.807, 2.05) is 6.92 Å². The van der Waals surface area contributed by atoms with Gasteiger partial charge in [0.05, 0.1) is 24.5 Å². The average Bonchev–Trinajstić information content (AvgIpc) is 2.38. The monoisotopic (exact) mass is 251 g/mol. The van der Waals surface area contributed by atoms with Gasteiger partial charge in [-0.25, -0.2) is 0 Å². The van der Waals surface area contributed by atoms with Crippen molar-refractivity contribution in [2.45, 2.75) is 65.2 Å². The predicted octanol–water partition coefficient (Wildman–Crippen LogP) is 3.83. The van der Waals surface area contributed by atoms with Crippen LogP contribution in [0.15, 0.2) is 0 Å². The Bertz CT molecular complexity index is 308. The standard InChI is InChI=1S/C15H25NO2/c1-3-5-8-13-9-6-7-10-15(13,12-16)11-14(17)18-4-2/h13H,3-11H2,1-2H3. The molecule has 0 bridgehead atoms. The van der Waals surface area contributed by atoms with E-state index in [4.69, 9.17) is 4.74 Å². The Morgan fingerprint density at radius 2 is 2.22 bits per heavy atom. The largest absolute Gasteiger partial charge is 0.466 e. The normalized spacial score (nSPS) is 27.5. The molecule has 102 valence electrons. The molecule has 3 nitrogen and oxygen atoms in total. The van der Waals surface area contributed by atoms with Gasteiger partial charge in [0.1, 0.15) is 0 Å². The highest BCUT2D eigenvalue weighted by molar-refractivity contribution is 5.71. The molecule has 0 heterocycles. The summed E-state index contributed by atoms with van der Waals surface area (Å²) in [6, 6.07) is 2.46. The molecule has 3 heteroatoms. The van der Waals surface area contributed by atoms with Crippen molar-refractivity contribution in [3.05, 3.63) is 0 Å². The van der Waals surface area contributed by atoms with Gasteiger partial charge >= 0.3 is 5.97 Å². The maximum Gasteiger partial charge on any atom is 0.307 e. The second kappa shape index (κ2) is 7.41. The number of rotatable bonds is 6. The van der Waals surface area contributed by atoms with Crippen molar-refractivity contribution in [1.82, 2.24) is 0 Å². The topological polar surface area (TPSA) is 50.1 Å². The third-order valence-electron chi connectivity index (χ3n) is 4.10. The maximum atomic E-state index is 11.7. The summed E-state index contributed by atoms with van der Waals surface area (Å²) in [4.78, 5) is 11.7. The first-order chi connectivity index (χ1) is 8.68. The van der Waals surface area contributed by atoms with Crippen LogP contribution < -0.4 is 0 Å². The Labute approximate surface area is 111 Å². The lowest BCUT2D eigenvalue weighted by molar-refractivity contribution is -0.146. The number of hydrogen-bond donors (Lipinski definition) is 0. The summed E-state index contributed by atoms with van der Waals surface area (Å²) in [6.07, 6.45) is 7.86. The van der Waals surface area contributed by atoms with E-state index in [-0.39, 0.29) is 12.4 Å². The van der Waals surface area contributed by atoms with E-state index < -0.39 is 5.41 Å². The number of ether oxygens (including phenoxy) is 1. The molecule has 0 N–H and O–H groups in total. The number of unbranched alkanes of at least 4 members (excludes halogenated alkanes) is 1. The van der Waals surface area contributed by atoms with E-state index in [1.54, 1.807) is 0 Å². The quantitative estimate of drug-likeness (QED) is 0.674. The minimum atomic E-state index is -0.459. The lowest BCUT2D eigenvalue weighted by atomic mass is 9.64. The van der Waals surface area contributed by atoms with Crippen LogP contribution in [0.3, 0.4) is 0 Å². The van der Waals surface area contributed by atoms with Crippen LogP contribution in [0.2, 0.25) is 0 Å². The summed E-state index contributed by atoms with van der Waals surface area (Å²) >= 11 is 0. The summed E-state index contributed by atoms with van der Waals surface area (Å²) in [5.74, 6) is 0.169. The molecular weight excluding hydrogens is 226 g/mol. The molecular formula is C15H25NO2. The van der Waals surface area contributed by atoms with Crippen LogP contribution in [0.1, 0.15) is 65.2 Å². The summed E-state index contributed by atoms with van der Waals surface area (Å²) in [7, 11) is 0. The summed E-state index contributed by atoms with van der Waals surface area (Å²) in [6.45, 7) is 4.38. The van der Waals surface area contributed by atoms with Crippen molar-refractivity contribution in [2.24, 2.45) is 11.3 Å². The van der Waals surface area contributed by atoms with Crippen LogP contribution in [0.4, 0.5) is 0 Å². The SMILES string of the molecule is CCCCC1CCCCC1(C#N)CC(=O)OCC. The van der Waals surface area contributed by atoms with Crippen molar-refractivity contribution in [3.63, 3.8) is 0 Å². The molecule has 2 atom stereocenters. The van der Waals surface area contributed by atoms with Crippen molar-refractivity contribution in [3.8, 4) is 6.07 Å². The van der Waals surface area contributed by atoms with Gasteiger partial charge in [0.15, 0.2) is 0 Å². The fourth-order valence-electron chi connectivity index (χ4n) is 3.07. The smallest absolute Gasteiger partial charge is 0.307 e. The molecule has 1 aliphatic rings. The molecule has 1 saturated carbocycles. The van der Waals surface area contributed by atoms with Crippen LogP contribution in [-0.4, -0.2) is 12.6 Å². The first kappa shape index (κ1) is 15.0. The van der Waals surface area contributed by atoms with Gasteiger partial charge in [-0.2, -0.15) is 5.26 Å². The molecule has 18 heavy (non-hydrogen) atoms. The highest BCUT2D eigenvalue weighted by Crippen LogP contribution is 2.46. The highest BCUT2D eigenvalue weighted by atomic mass is 16.5. The molecule has 0 aromatic rings. The van der Waals surface area contributed by atoms with Crippen LogP contribution in [0.5, 0.6) is 0 Å². The Morgan fingerprint density at radius 3 is 2.83 bits per heavy atom. The number of nitrogens with zero attached hydrogens (tertiary/aromatic N) is 1.